The van der Waals surface area contributed by atoms with Crippen LogP contribution in [-0.4, -0.2) is 29.8 Å². The third kappa shape index (κ3) is 4.17. The lowest BCUT2D eigenvalue weighted by molar-refractivity contribution is 0.0925. The zero-order valence-corrected chi connectivity index (χ0v) is 12.2. The summed E-state index contributed by atoms with van der Waals surface area (Å²) in [7, 11) is 0. The van der Waals surface area contributed by atoms with E-state index in [1.54, 1.807) is 0 Å². The van der Waals surface area contributed by atoms with E-state index in [0.29, 0.717) is 12.6 Å². The van der Waals surface area contributed by atoms with Crippen molar-refractivity contribution in [3.63, 3.8) is 0 Å². The summed E-state index contributed by atoms with van der Waals surface area (Å²) < 4.78 is 0. The van der Waals surface area contributed by atoms with Crippen molar-refractivity contribution in [2.75, 3.05) is 13.1 Å². The van der Waals surface area contributed by atoms with Crippen molar-refractivity contribution in [3.8, 4) is 0 Å². The fourth-order valence-electron chi connectivity index (χ4n) is 2.54. The Morgan fingerprint density at radius 1 is 1.16 bits per heavy atom. The maximum absolute atomic E-state index is 12.3. The van der Waals surface area contributed by atoms with Crippen molar-refractivity contribution in [3.05, 3.63) is 35.4 Å². The summed E-state index contributed by atoms with van der Waals surface area (Å²) in [6.07, 6.45) is 5.91. The first-order valence-corrected chi connectivity index (χ1v) is 7.60. The molecule has 0 aliphatic heterocycles. The standard InChI is InChI=1S/C17H25NO/c1-3-5-14-6-8-15(9-7-14)17(19)13-18(12-4-2)16-10-11-16/h6-9,16H,3-5,10-13H2,1-2H3. The van der Waals surface area contributed by atoms with Gasteiger partial charge in [-0.2, -0.15) is 0 Å². The van der Waals surface area contributed by atoms with Crippen molar-refractivity contribution >= 4 is 5.78 Å². The number of hydrogen-bond donors (Lipinski definition) is 0. The normalized spacial score (nSPS) is 14.9. The molecule has 0 saturated heterocycles. The van der Waals surface area contributed by atoms with E-state index in [1.807, 2.05) is 12.1 Å². The number of carbonyl (C=O) groups excluding carboxylic acids is 1. The van der Waals surface area contributed by atoms with Crippen LogP contribution in [0.1, 0.15) is 55.5 Å². The molecule has 1 saturated carbocycles. The van der Waals surface area contributed by atoms with Gasteiger partial charge in [-0.3, -0.25) is 9.69 Å². The molecule has 0 radical (unpaired) electrons. The van der Waals surface area contributed by atoms with Gasteiger partial charge in [0.15, 0.2) is 5.78 Å². The van der Waals surface area contributed by atoms with E-state index in [1.165, 1.54) is 18.4 Å². The molecule has 2 nitrogen and oxygen atoms in total. The molecule has 1 aromatic rings. The van der Waals surface area contributed by atoms with Crippen molar-refractivity contribution in [1.29, 1.82) is 0 Å². The number of aryl methyl sites for hydroxylation is 1. The molecule has 2 heteroatoms. The maximum atomic E-state index is 12.3. The summed E-state index contributed by atoms with van der Waals surface area (Å²) in [5, 5.41) is 0. The largest absolute Gasteiger partial charge is 0.293 e. The molecule has 0 amide bonds. The summed E-state index contributed by atoms with van der Waals surface area (Å²) in [5.74, 6) is 0.267. The first kappa shape index (κ1) is 14.3. The van der Waals surface area contributed by atoms with Gasteiger partial charge in [0.25, 0.3) is 0 Å². The smallest absolute Gasteiger partial charge is 0.176 e. The molecule has 19 heavy (non-hydrogen) atoms. The van der Waals surface area contributed by atoms with Gasteiger partial charge in [-0.25, -0.2) is 0 Å². The second-order valence-electron chi connectivity index (χ2n) is 5.57. The number of ketones is 1. The Hall–Kier alpha value is -1.15. The molecule has 0 spiro atoms. The highest BCUT2D eigenvalue weighted by atomic mass is 16.1. The zero-order valence-electron chi connectivity index (χ0n) is 12.2. The van der Waals surface area contributed by atoms with Gasteiger partial charge in [-0.1, -0.05) is 44.5 Å². The minimum Gasteiger partial charge on any atom is -0.293 e. The first-order chi connectivity index (χ1) is 9.24. The van der Waals surface area contributed by atoms with Gasteiger partial charge in [-0.05, 0) is 37.8 Å². The maximum Gasteiger partial charge on any atom is 0.176 e. The van der Waals surface area contributed by atoms with E-state index in [2.05, 4.69) is 30.9 Å². The van der Waals surface area contributed by atoms with E-state index in [4.69, 9.17) is 0 Å². The van der Waals surface area contributed by atoms with E-state index in [9.17, 15) is 4.79 Å². The number of carbonyl (C=O) groups is 1. The molecule has 0 bridgehead atoms. The number of hydrogen-bond acceptors (Lipinski definition) is 2. The van der Waals surface area contributed by atoms with Crippen LogP contribution < -0.4 is 0 Å². The number of Topliss-reactive ketones (excluding diaryl/α,β-unsaturated/α-hetero) is 1. The van der Waals surface area contributed by atoms with Crippen molar-refractivity contribution in [2.45, 2.75) is 52.0 Å². The van der Waals surface area contributed by atoms with Crippen LogP contribution >= 0.6 is 0 Å². The van der Waals surface area contributed by atoms with Crippen LogP contribution in [0.4, 0.5) is 0 Å². The number of benzene rings is 1. The molecule has 0 atom stereocenters. The molecule has 1 aliphatic carbocycles. The average Bonchev–Trinajstić information content (AvgIpc) is 3.24. The lowest BCUT2D eigenvalue weighted by atomic mass is 10.0. The van der Waals surface area contributed by atoms with Crippen LogP contribution in [-0.2, 0) is 6.42 Å². The molecule has 0 unspecified atom stereocenters. The third-order valence-corrected chi connectivity index (χ3v) is 3.74. The van der Waals surface area contributed by atoms with Crippen molar-refractivity contribution in [1.82, 2.24) is 4.90 Å². The summed E-state index contributed by atoms with van der Waals surface area (Å²) in [4.78, 5) is 14.6. The quantitative estimate of drug-likeness (QED) is 0.664. The van der Waals surface area contributed by atoms with E-state index >= 15 is 0 Å². The van der Waals surface area contributed by atoms with Crippen LogP contribution in [0.5, 0.6) is 0 Å². The minimum atomic E-state index is 0.267. The van der Waals surface area contributed by atoms with Gasteiger partial charge in [0.1, 0.15) is 0 Å². The molecule has 0 aromatic heterocycles. The van der Waals surface area contributed by atoms with Crippen molar-refractivity contribution < 1.29 is 4.79 Å². The lowest BCUT2D eigenvalue weighted by Gasteiger charge is -2.20. The van der Waals surface area contributed by atoms with E-state index < -0.39 is 0 Å². The average molecular weight is 259 g/mol. The molecule has 0 heterocycles. The van der Waals surface area contributed by atoms with Gasteiger partial charge < -0.3 is 0 Å². The highest BCUT2D eigenvalue weighted by Gasteiger charge is 2.29. The molecule has 1 fully saturated rings. The Kier molecular flexibility index (Phi) is 5.15. The Bertz CT molecular complexity index is 406. The summed E-state index contributed by atoms with van der Waals surface area (Å²) in [6, 6.07) is 8.84. The number of rotatable bonds is 8. The molecular formula is C17H25NO. The van der Waals surface area contributed by atoms with Gasteiger partial charge in [0.05, 0.1) is 6.54 Å². The van der Waals surface area contributed by atoms with Crippen LogP contribution in [0, 0.1) is 0 Å². The topological polar surface area (TPSA) is 20.3 Å². The summed E-state index contributed by atoms with van der Waals surface area (Å²) in [6.45, 7) is 5.99. The van der Waals surface area contributed by atoms with Gasteiger partial charge in [0.2, 0.25) is 0 Å². The number of nitrogens with zero attached hydrogens (tertiary/aromatic N) is 1. The third-order valence-electron chi connectivity index (χ3n) is 3.74. The second kappa shape index (κ2) is 6.85. The highest BCUT2D eigenvalue weighted by molar-refractivity contribution is 5.97. The van der Waals surface area contributed by atoms with Gasteiger partial charge in [0, 0.05) is 11.6 Å². The van der Waals surface area contributed by atoms with Crippen LogP contribution in [0.25, 0.3) is 0 Å². The van der Waals surface area contributed by atoms with Crippen LogP contribution in [0.2, 0.25) is 0 Å². The Morgan fingerprint density at radius 2 is 1.84 bits per heavy atom. The molecule has 1 aromatic carbocycles. The summed E-state index contributed by atoms with van der Waals surface area (Å²) in [5.41, 5.74) is 2.19. The minimum absolute atomic E-state index is 0.267. The van der Waals surface area contributed by atoms with Gasteiger partial charge >= 0.3 is 0 Å². The highest BCUT2D eigenvalue weighted by Crippen LogP contribution is 2.27. The zero-order chi connectivity index (χ0) is 13.7. The van der Waals surface area contributed by atoms with Crippen LogP contribution in [0.3, 0.4) is 0 Å². The molecule has 0 N–H and O–H groups in total. The SMILES string of the molecule is CCCc1ccc(C(=O)CN(CCC)C2CC2)cc1. The van der Waals surface area contributed by atoms with Gasteiger partial charge in [-0.15, -0.1) is 0 Å². The Morgan fingerprint density at radius 3 is 2.37 bits per heavy atom. The summed E-state index contributed by atoms with van der Waals surface area (Å²) >= 11 is 0. The second-order valence-corrected chi connectivity index (χ2v) is 5.57. The Balaban J connectivity index is 1.94. The van der Waals surface area contributed by atoms with E-state index in [0.717, 1.165) is 31.4 Å². The molecule has 2 rings (SSSR count). The van der Waals surface area contributed by atoms with Crippen molar-refractivity contribution in [2.24, 2.45) is 0 Å². The van der Waals surface area contributed by atoms with E-state index in [-0.39, 0.29) is 5.78 Å². The monoisotopic (exact) mass is 259 g/mol. The fourth-order valence-corrected chi connectivity index (χ4v) is 2.54. The molecule has 104 valence electrons. The predicted octanol–water partition coefficient (Wildman–Crippen LogP) is 3.70. The molecule has 1 aliphatic rings. The van der Waals surface area contributed by atoms with Crippen LogP contribution in [0.15, 0.2) is 24.3 Å². The predicted molar refractivity (Wildman–Crippen MR) is 79.7 cm³/mol. The fraction of sp³-hybridized carbons (Fsp3) is 0.588. The Labute approximate surface area is 116 Å². The lowest BCUT2D eigenvalue weighted by Crippen LogP contribution is -2.32. The molecular weight excluding hydrogens is 234 g/mol. The first-order valence-electron chi connectivity index (χ1n) is 7.60.